The maximum Gasteiger partial charge on any atom is 0.282 e. The molecule has 0 aromatic heterocycles. The second-order valence-corrected chi connectivity index (χ2v) is 6.27. The molecule has 0 aliphatic heterocycles. The minimum atomic E-state index is -0.602. The van der Waals surface area contributed by atoms with Gasteiger partial charge in [0.25, 0.3) is 17.5 Å². The summed E-state index contributed by atoms with van der Waals surface area (Å²) in [6.07, 6.45) is 1.46. The number of amides is 2. The van der Waals surface area contributed by atoms with Crippen LogP contribution in [-0.2, 0) is 0 Å². The number of nitro groups is 1. The third-order valence-electron chi connectivity index (χ3n) is 4.40. The summed E-state index contributed by atoms with van der Waals surface area (Å²) in [4.78, 5) is 36.2. The van der Waals surface area contributed by atoms with E-state index in [2.05, 4.69) is 5.43 Å². The molecule has 0 spiro atoms. The zero-order chi connectivity index (χ0) is 20.0. The highest BCUT2D eigenvalue weighted by Crippen LogP contribution is 2.20. The Morgan fingerprint density at radius 3 is 2.41 bits per heavy atom. The number of carbonyl (C=O) groups excluding carboxylic acids is 2. The molecule has 0 radical (unpaired) electrons. The molecule has 142 valence electrons. The van der Waals surface area contributed by atoms with Crippen LogP contribution in [0.25, 0.3) is 0 Å². The van der Waals surface area contributed by atoms with Gasteiger partial charge in [-0.15, -0.1) is 0 Å². The van der Waals surface area contributed by atoms with E-state index in [0.29, 0.717) is 12.0 Å². The first kappa shape index (κ1) is 20.1. The van der Waals surface area contributed by atoms with E-state index in [1.807, 2.05) is 26.8 Å². The van der Waals surface area contributed by atoms with E-state index in [-0.39, 0.29) is 17.8 Å². The van der Waals surface area contributed by atoms with Crippen molar-refractivity contribution in [2.75, 3.05) is 6.54 Å². The fourth-order valence-electron chi connectivity index (χ4n) is 2.66. The van der Waals surface area contributed by atoms with Crippen molar-refractivity contribution in [2.45, 2.75) is 33.6 Å². The second-order valence-electron chi connectivity index (χ2n) is 6.27. The van der Waals surface area contributed by atoms with Crippen molar-refractivity contribution in [3.05, 3.63) is 74.8 Å². The normalized spacial score (nSPS) is 10.3. The first-order chi connectivity index (χ1) is 12.9. The zero-order valence-electron chi connectivity index (χ0n) is 15.7. The predicted octanol–water partition coefficient (Wildman–Crippen LogP) is 3.80. The molecular weight excluding hydrogens is 346 g/mol. The van der Waals surface area contributed by atoms with Crippen LogP contribution in [0.3, 0.4) is 0 Å². The molecule has 1 N–H and O–H groups in total. The van der Waals surface area contributed by atoms with Crippen molar-refractivity contribution >= 4 is 17.5 Å². The number of unbranched alkanes of at least 4 members (excludes halogenated alkanes) is 1. The van der Waals surface area contributed by atoms with E-state index in [4.69, 9.17) is 0 Å². The molecule has 0 saturated carbocycles. The van der Waals surface area contributed by atoms with Crippen molar-refractivity contribution in [3.63, 3.8) is 0 Å². The number of benzene rings is 2. The van der Waals surface area contributed by atoms with Gasteiger partial charge in [-0.3, -0.25) is 25.1 Å². The standard InChI is InChI=1S/C20H23N3O4/c1-4-5-13-22(20(25)17-10-6-7-12-18(17)23(26)27)21-19(24)16-11-8-9-14(2)15(16)3/h6-12H,4-5,13H2,1-3H3,(H,21,24). The lowest BCUT2D eigenvalue weighted by Crippen LogP contribution is -2.47. The Hall–Kier alpha value is -3.22. The molecule has 2 aromatic carbocycles. The highest BCUT2D eigenvalue weighted by atomic mass is 16.6. The lowest BCUT2D eigenvalue weighted by Gasteiger charge is -2.24. The number of hydrazine groups is 1. The Morgan fingerprint density at radius 2 is 1.74 bits per heavy atom. The van der Waals surface area contributed by atoms with Crippen molar-refractivity contribution in [3.8, 4) is 0 Å². The molecule has 2 aromatic rings. The molecular formula is C20H23N3O4. The molecule has 0 bridgehead atoms. The van der Waals surface area contributed by atoms with E-state index in [1.165, 1.54) is 18.2 Å². The lowest BCUT2D eigenvalue weighted by molar-refractivity contribution is -0.385. The van der Waals surface area contributed by atoms with Crippen LogP contribution >= 0.6 is 0 Å². The summed E-state index contributed by atoms with van der Waals surface area (Å²) < 4.78 is 0. The summed E-state index contributed by atoms with van der Waals surface area (Å²) in [6.45, 7) is 5.96. The van der Waals surface area contributed by atoms with Crippen LogP contribution < -0.4 is 5.43 Å². The zero-order valence-corrected chi connectivity index (χ0v) is 15.7. The number of para-hydroxylation sites is 1. The highest BCUT2D eigenvalue weighted by molar-refractivity contribution is 6.01. The predicted molar refractivity (Wildman–Crippen MR) is 102 cm³/mol. The van der Waals surface area contributed by atoms with Crippen LogP contribution in [-0.4, -0.2) is 28.3 Å². The maximum atomic E-state index is 12.9. The van der Waals surface area contributed by atoms with Crippen LogP contribution in [0.2, 0.25) is 0 Å². The second kappa shape index (κ2) is 8.93. The van der Waals surface area contributed by atoms with Crippen molar-refractivity contribution < 1.29 is 14.5 Å². The van der Waals surface area contributed by atoms with Crippen molar-refractivity contribution in [1.82, 2.24) is 10.4 Å². The minimum Gasteiger partial charge on any atom is -0.267 e. The summed E-state index contributed by atoms with van der Waals surface area (Å²) in [5.74, 6) is -1.02. The molecule has 0 unspecified atom stereocenters. The van der Waals surface area contributed by atoms with Crippen LogP contribution in [0.15, 0.2) is 42.5 Å². The lowest BCUT2D eigenvalue weighted by atomic mass is 10.0. The van der Waals surface area contributed by atoms with Gasteiger partial charge in [0, 0.05) is 18.2 Å². The average molecular weight is 369 g/mol. The van der Waals surface area contributed by atoms with E-state index in [1.54, 1.807) is 18.2 Å². The summed E-state index contributed by atoms with van der Waals surface area (Å²) in [5.41, 5.74) is 4.53. The SMILES string of the molecule is CCCCN(NC(=O)c1cccc(C)c1C)C(=O)c1ccccc1[N+](=O)[O-]. The van der Waals surface area contributed by atoms with E-state index >= 15 is 0 Å². The number of hydrogen-bond donors (Lipinski definition) is 1. The van der Waals surface area contributed by atoms with Gasteiger partial charge in [0.05, 0.1) is 4.92 Å². The Morgan fingerprint density at radius 1 is 1.07 bits per heavy atom. The third-order valence-corrected chi connectivity index (χ3v) is 4.40. The van der Waals surface area contributed by atoms with Crippen molar-refractivity contribution in [2.24, 2.45) is 0 Å². The monoisotopic (exact) mass is 369 g/mol. The van der Waals surface area contributed by atoms with Gasteiger partial charge in [-0.1, -0.05) is 37.6 Å². The summed E-state index contributed by atoms with van der Waals surface area (Å²) in [6, 6.07) is 11.1. The van der Waals surface area contributed by atoms with Crippen LogP contribution in [0.1, 0.15) is 51.6 Å². The van der Waals surface area contributed by atoms with E-state index in [0.717, 1.165) is 22.6 Å². The Kier molecular flexibility index (Phi) is 6.65. The number of nitrogens with zero attached hydrogens (tertiary/aromatic N) is 2. The van der Waals surface area contributed by atoms with Gasteiger partial charge in [-0.25, -0.2) is 5.01 Å². The number of aryl methyl sites for hydroxylation is 1. The third kappa shape index (κ3) is 4.69. The first-order valence-corrected chi connectivity index (χ1v) is 8.79. The molecule has 0 aliphatic rings. The number of nitrogens with one attached hydrogen (secondary N) is 1. The van der Waals surface area contributed by atoms with Crippen LogP contribution in [0.5, 0.6) is 0 Å². The molecule has 0 saturated heterocycles. The first-order valence-electron chi connectivity index (χ1n) is 8.79. The molecule has 0 atom stereocenters. The number of carbonyl (C=O) groups is 2. The Balaban J connectivity index is 2.32. The number of hydrogen-bond acceptors (Lipinski definition) is 4. The molecule has 2 rings (SSSR count). The summed E-state index contributed by atoms with van der Waals surface area (Å²) in [5, 5.41) is 12.4. The number of rotatable bonds is 6. The fourth-order valence-corrected chi connectivity index (χ4v) is 2.66. The molecule has 0 aliphatic carbocycles. The summed E-state index contributed by atoms with van der Waals surface area (Å²) in [7, 11) is 0. The van der Waals surface area contributed by atoms with Gasteiger partial charge < -0.3 is 0 Å². The Bertz CT molecular complexity index is 864. The molecule has 7 nitrogen and oxygen atoms in total. The van der Waals surface area contributed by atoms with E-state index in [9.17, 15) is 19.7 Å². The smallest absolute Gasteiger partial charge is 0.267 e. The van der Waals surface area contributed by atoms with Gasteiger partial charge in [0.2, 0.25) is 0 Å². The molecule has 7 heteroatoms. The molecule has 0 heterocycles. The fraction of sp³-hybridized carbons (Fsp3) is 0.300. The minimum absolute atomic E-state index is 0.0557. The highest BCUT2D eigenvalue weighted by Gasteiger charge is 2.26. The molecule has 0 fully saturated rings. The summed E-state index contributed by atoms with van der Waals surface area (Å²) >= 11 is 0. The van der Waals surface area contributed by atoms with Crippen LogP contribution in [0.4, 0.5) is 5.69 Å². The van der Waals surface area contributed by atoms with E-state index < -0.39 is 16.7 Å². The largest absolute Gasteiger partial charge is 0.282 e. The topological polar surface area (TPSA) is 92.6 Å². The molecule has 27 heavy (non-hydrogen) atoms. The average Bonchev–Trinajstić information content (AvgIpc) is 2.66. The number of nitro benzene ring substituents is 1. The van der Waals surface area contributed by atoms with Crippen molar-refractivity contribution in [1.29, 1.82) is 0 Å². The Labute approximate surface area is 158 Å². The maximum absolute atomic E-state index is 12.9. The van der Waals surface area contributed by atoms with Gasteiger partial charge in [0.1, 0.15) is 5.56 Å². The van der Waals surface area contributed by atoms with Gasteiger partial charge in [0.15, 0.2) is 0 Å². The van der Waals surface area contributed by atoms with Gasteiger partial charge >= 0.3 is 0 Å². The van der Waals surface area contributed by atoms with Crippen LogP contribution in [0, 0.1) is 24.0 Å². The quantitative estimate of drug-likeness (QED) is 0.619. The molecule has 2 amide bonds. The van der Waals surface area contributed by atoms with Gasteiger partial charge in [-0.05, 0) is 43.5 Å². The van der Waals surface area contributed by atoms with Gasteiger partial charge in [-0.2, -0.15) is 0 Å².